The molecular formula is C6H15BrN2O. The molecule has 0 unspecified atom stereocenters. The van der Waals surface area contributed by atoms with Gasteiger partial charge in [0, 0.05) is 11.9 Å². The predicted molar refractivity (Wildman–Crippen MR) is 47.2 cm³/mol. The molecule has 0 spiro atoms. The van der Waals surface area contributed by atoms with Gasteiger partial charge in [-0.1, -0.05) is 29.8 Å². The van der Waals surface area contributed by atoms with Gasteiger partial charge in [-0.05, 0) is 0 Å². The smallest absolute Gasteiger partial charge is 0.233 e. The second kappa shape index (κ2) is 11.7. The van der Waals surface area contributed by atoms with E-state index in [1.807, 2.05) is 13.8 Å². The Morgan fingerprint density at radius 3 is 2.40 bits per heavy atom. The Morgan fingerprint density at radius 1 is 1.60 bits per heavy atom. The summed E-state index contributed by atoms with van der Waals surface area (Å²) in [5, 5.41) is 3.35. The molecule has 0 fully saturated rings. The fourth-order valence-electron chi connectivity index (χ4n) is 0.259. The highest BCUT2D eigenvalue weighted by atomic mass is 79.9. The molecule has 0 aliphatic rings. The molecule has 0 aromatic heterocycles. The van der Waals surface area contributed by atoms with Gasteiger partial charge < -0.3 is 11.1 Å². The molecule has 1 amide bonds. The average molecular weight is 211 g/mol. The molecule has 0 heterocycles. The Morgan fingerprint density at radius 2 is 2.10 bits per heavy atom. The molecule has 0 saturated heterocycles. The van der Waals surface area contributed by atoms with Gasteiger partial charge in [-0.3, -0.25) is 4.79 Å². The van der Waals surface area contributed by atoms with E-state index in [0.29, 0.717) is 6.54 Å². The quantitative estimate of drug-likeness (QED) is 0.667. The summed E-state index contributed by atoms with van der Waals surface area (Å²) in [6, 6.07) is 0. The Bertz CT molecular complexity index is 78.1. The summed E-state index contributed by atoms with van der Waals surface area (Å²) in [6.45, 7) is 4.73. The van der Waals surface area contributed by atoms with Crippen LogP contribution in [0.5, 0.6) is 0 Å². The van der Waals surface area contributed by atoms with Gasteiger partial charge in [-0.15, -0.1) is 0 Å². The molecule has 62 valence electrons. The highest BCUT2D eigenvalue weighted by molar-refractivity contribution is 9.09. The Hall–Kier alpha value is -0.0900. The van der Waals surface area contributed by atoms with Gasteiger partial charge in [0.25, 0.3) is 0 Å². The van der Waals surface area contributed by atoms with E-state index in [-0.39, 0.29) is 12.5 Å². The maximum absolute atomic E-state index is 10.3. The van der Waals surface area contributed by atoms with E-state index in [0.717, 1.165) is 5.33 Å². The first kappa shape index (κ1) is 12.6. The fourth-order valence-corrected chi connectivity index (χ4v) is 0.457. The lowest BCUT2D eigenvalue weighted by atomic mass is 10.6. The number of nitrogens with one attached hydrogen (secondary N) is 1. The highest BCUT2D eigenvalue weighted by Crippen LogP contribution is 1.73. The van der Waals surface area contributed by atoms with Crippen LogP contribution in [0.4, 0.5) is 0 Å². The molecular weight excluding hydrogens is 196 g/mol. The minimum Gasteiger partial charge on any atom is -0.354 e. The molecule has 3 N–H and O–H groups in total. The number of hydrogen-bond donors (Lipinski definition) is 2. The van der Waals surface area contributed by atoms with E-state index in [1.165, 1.54) is 0 Å². The van der Waals surface area contributed by atoms with Crippen molar-refractivity contribution in [3.8, 4) is 0 Å². The second-order valence-electron chi connectivity index (χ2n) is 1.24. The van der Waals surface area contributed by atoms with Crippen molar-refractivity contribution in [2.75, 3.05) is 18.4 Å². The van der Waals surface area contributed by atoms with E-state index < -0.39 is 0 Å². The van der Waals surface area contributed by atoms with Crippen LogP contribution in [-0.2, 0) is 4.79 Å². The zero-order valence-electron chi connectivity index (χ0n) is 6.48. The number of carbonyl (C=O) groups is 1. The molecule has 0 aliphatic heterocycles. The fraction of sp³-hybridized carbons (Fsp3) is 0.833. The zero-order valence-corrected chi connectivity index (χ0v) is 8.07. The number of carbonyl (C=O) groups excluding carboxylic acids is 1. The third kappa shape index (κ3) is 10.8. The van der Waals surface area contributed by atoms with Crippen LogP contribution >= 0.6 is 15.9 Å². The van der Waals surface area contributed by atoms with Crippen molar-refractivity contribution < 1.29 is 4.79 Å². The van der Waals surface area contributed by atoms with Gasteiger partial charge in [0.15, 0.2) is 0 Å². The molecule has 4 heteroatoms. The first-order valence-corrected chi connectivity index (χ1v) is 4.46. The minimum absolute atomic E-state index is 0.0764. The van der Waals surface area contributed by atoms with Crippen LogP contribution in [-0.4, -0.2) is 24.3 Å². The van der Waals surface area contributed by atoms with Crippen LogP contribution in [0, 0.1) is 0 Å². The summed E-state index contributed by atoms with van der Waals surface area (Å²) in [4.78, 5) is 10.3. The lowest BCUT2D eigenvalue weighted by Gasteiger charge is -1.96. The lowest BCUT2D eigenvalue weighted by Crippen LogP contribution is -2.31. The number of amides is 1. The maximum atomic E-state index is 10.3. The summed E-state index contributed by atoms with van der Waals surface area (Å²) in [7, 11) is 0. The van der Waals surface area contributed by atoms with Crippen molar-refractivity contribution in [1.29, 1.82) is 0 Å². The van der Waals surface area contributed by atoms with E-state index in [9.17, 15) is 4.79 Å². The van der Waals surface area contributed by atoms with Gasteiger partial charge in [0.1, 0.15) is 0 Å². The van der Waals surface area contributed by atoms with Crippen LogP contribution in [0.3, 0.4) is 0 Å². The number of hydrogen-bond acceptors (Lipinski definition) is 2. The van der Waals surface area contributed by atoms with Crippen LogP contribution < -0.4 is 11.1 Å². The Labute approximate surface area is 70.5 Å². The lowest BCUT2D eigenvalue weighted by molar-refractivity contribution is -0.119. The van der Waals surface area contributed by atoms with Crippen LogP contribution in [0.1, 0.15) is 13.8 Å². The second-order valence-corrected chi connectivity index (χ2v) is 2.04. The van der Waals surface area contributed by atoms with E-state index in [1.54, 1.807) is 0 Å². The monoisotopic (exact) mass is 210 g/mol. The standard InChI is InChI=1S/C4H9BrN2O.C2H6/c5-1-2-7-4(8)3-6;1-2/h1-3,6H2,(H,7,8);1-2H3. The van der Waals surface area contributed by atoms with Crippen molar-refractivity contribution in [1.82, 2.24) is 5.32 Å². The van der Waals surface area contributed by atoms with Gasteiger partial charge in [0.2, 0.25) is 5.91 Å². The SMILES string of the molecule is CC.NCC(=O)NCCBr. The topological polar surface area (TPSA) is 55.1 Å². The van der Waals surface area contributed by atoms with Gasteiger partial charge in [-0.2, -0.15) is 0 Å². The van der Waals surface area contributed by atoms with E-state index >= 15 is 0 Å². The van der Waals surface area contributed by atoms with Crippen LogP contribution in [0.25, 0.3) is 0 Å². The summed E-state index contributed by atoms with van der Waals surface area (Å²) in [6.07, 6.45) is 0. The summed E-state index contributed by atoms with van der Waals surface area (Å²) < 4.78 is 0. The molecule has 0 aromatic carbocycles. The van der Waals surface area contributed by atoms with Crippen molar-refractivity contribution in [2.45, 2.75) is 13.8 Å². The Balaban J connectivity index is 0. The zero-order chi connectivity index (χ0) is 8.41. The number of rotatable bonds is 3. The predicted octanol–water partition coefficient (Wildman–Crippen LogP) is 0.482. The average Bonchev–Trinajstić information content (AvgIpc) is 2.04. The van der Waals surface area contributed by atoms with E-state index in [2.05, 4.69) is 21.2 Å². The molecule has 3 nitrogen and oxygen atoms in total. The summed E-state index contributed by atoms with van der Waals surface area (Å²) >= 11 is 3.15. The summed E-state index contributed by atoms with van der Waals surface area (Å²) in [5.41, 5.74) is 4.99. The van der Waals surface area contributed by atoms with Crippen molar-refractivity contribution in [3.63, 3.8) is 0 Å². The van der Waals surface area contributed by atoms with Gasteiger partial charge in [0.05, 0.1) is 6.54 Å². The highest BCUT2D eigenvalue weighted by Gasteiger charge is 1.91. The number of alkyl halides is 1. The molecule has 10 heavy (non-hydrogen) atoms. The summed E-state index contributed by atoms with van der Waals surface area (Å²) in [5.74, 6) is -0.107. The molecule has 0 aliphatic carbocycles. The molecule has 0 rings (SSSR count). The first-order chi connectivity index (χ1) is 4.81. The normalized spacial score (nSPS) is 7.60. The van der Waals surface area contributed by atoms with Gasteiger partial charge in [-0.25, -0.2) is 0 Å². The van der Waals surface area contributed by atoms with Crippen molar-refractivity contribution in [2.24, 2.45) is 5.73 Å². The Kier molecular flexibility index (Phi) is 14.7. The molecule has 0 atom stereocenters. The van der Waals surface area contributed by atoms with E-state index in [4.69, 9.17) is 5.73 Å². The van der Waals surface area contributed by atoms with Crippen molar-refractivity contribution in [3.05, 3.63) is 0 Å². The third-order valence-electron chi connectivity index (χ3n) is 0.602. The van der Waals surface area contributed by atoms with Crippen LogP contribution in [0.2, 0.25) is 0 Å². The minimum atomic E-state index is -0.107. The van der Waals surface area contributed by atoms with Gasteiger partial charge >= 0.3 is 0 Å². The third-order valence-corrected chi connectivity index (χ3v) is 0.999. The largest absolute Gasteiger partial charge is 0.354 e. The molecule has 0 aromatic rings. The number of nitrogens with two attached hydrogens (primary N) is 1. The first-order valence-electron chi connectivity index (χ1n) is 3.34. The molecule has 0 bridgehead atoms. The molecule has 0 saturated carbocycles. The molecule has 0 radical (unpaired) electrons. The van der Waals surface area contributed by atoms with Crippen LogP contribution in [0.15, 0.2) is 0 Å². The van der Waals surface area contributed by atoms with Crippen molar-refractivity contribution >= 4 is 21.8 Å². The number of halogens is 1. The maximum Gasteiger partial charge on any atom is 0.233 e.